The summed E-state index contributed by atoms with van der Waals surface area (Å²) in [6.07, 6.45) is 4.69. The van der Waals surface area contributed by atoms with Crippen molar-refractivity contribution in [3.63, 3.8) is 0 Å². The minimum absolute atomic E-state index is 0. The van der Waals surface area contributed by atoms with Crippen molar-refractivity contribution < 1.29 is 0 Å². The maximum absolute atomic E-state index is 4.22. The van der Waals surface area contributed by atoms with Crippen LogP contribution in [0.4, 0.5) is 5.82 Å². The Hall–Kier alpha value is -1.29. The van der Waals surface area contributed by atoms with Gasteiger partial charge in [0, 0.05) is 19.8 Å². The summed E-state index contributed by atoms with van der Waals surface area (Å²) in [4.78, 5) is 8.44. The van der Waals surface area contributed by atoms with Gasteiger partial charge in [0.1, 0.15) is 17.8 Å². The average molecular weight is 227 g/mol. The highest BCUT2D eigenvalue weighted by Crippen LogP contribution is 2.18. The number of fused-ring (bicyclic) bond motifs is 1. The lowest BCUT2D eigenvalue weighted by Crippen LogP contribution is -2.02. The second kappa shape index (κ2) is 4.98. The molecule has 0 aromatic carbocycles. The molecule has 15 heavy (non-hydrogen) atoms. The highest BCUT2D eigenvalue weighted by atomic mass is 35.5. The number of nitrogens with one attached hydrogen (secondary N) is 1. The van der Waals surface area contributed by atoms with Crippen molar-refractivity contribution in [3.05, 3.63) is 18.6 Å². The van der Waals surface area contributed by atoms with Gasteiger partial charge in [-0.25, -0.2) is 9.97 Å². The Morgan fingerprint density at radius 3 is 2.93 bits per heavy atom. The van der Waals surface area contributed by atoms with Crippen LogP contribution in [0.3, 0.4) is 0 Å². The first-order chi connectivity index (χ1) is 6.83. The molecule has 0 saturated heterocycles. The van der Waals surface area contributed by atoms with Crippen LogP contribution in [0.25, 0.3) is 11.0 Å². The zero-order valence-electron chi connectivity index (χ0n) is 8.90. The van der Waals surface area contributed by atoms with Crippen molar-refractivity contribution in [1.29, 1.82) is 0 Å². The summed E-state index contributed by atoms with van der Waals surface area (Å²) in [5.41, 5.74) is 0.971. The van der Waals surface area contributed by atoms with E-state index in [-0.39, 0.29) is 12.4 Å². The fourth-order valence-electron chi connectivity index (χ4n) is 1.46. The Morgan fingerprint density at radius 1 is 1.40 bits per heavy atom. The van der Waals surface area contributed by atoms with Crippen LogP contribution < -0.4 is 5.32 Å². The molecule has 0 aliphatic heterocycles. The fourth-order valence-corrected chi connectivity index (χ4v) is 1.46. The molecular formula is C10H15ClN4. The number of anilines is 1. The second-order valence-electron chi connectivity index (χ2n) is 3.31. The number of halogens is 1. The first-order valence-electron chi connectivity index (χ1n) is 4.83. The van der Waals surface area contributed by atoms with Gasteiger partial charge in [0.25, 0.3) is 0 Å². The lowest BCUT2D eigenvalue weighted by atomic mass is 10.3. The molecule has 0 unspecified atom stereocenters. The van der Waals surface area contributed by atoms with Gasteiger partial charge in [-0.15, -0.1) is 12.4 Å². The summed E-state index contributed by atoms with van der Waals surface area (Å²) in [7, 11) is 1.99. The number of aromatic nitrogens is 3. The molecule has 2 heterocycles. The summed E-state index contributed by atoms with van der Waals surface area (Å²) < 4.78 is 1.99. The normalized spacial score (nSPS) is 10.0. The van der Waals surface area contributed by atoms with Crippen LogP contribution in [0.1, 0.15) is 13.3 Å². The Morgan fingerprint density at radius 2 is 2.20 bits per heavy atom. The molecule has 0 amide bonds. The summed E-state index contributed by atoms with van der Waals surface area (Å²) in [5.74, 6) is 0.928. The molecule has 0 bridgehead atoms. The van der Waals surface area contributed by atoms with Gasteiger partial charge in [0.15, 0.2) is 0 Å². The molecular weight excluding hydrogens is 212 g/mol. The van der Waals surface area contributed by atoms with Gasteiger partial charge in [-0.3, -0.25) is 0 Å². The van der Waals surface area contributed by atoms with Gasteiger partial charge in [0.05, 0.1) is 5.39 Å². The number of aryl methyl sites for hydroxylation is 1. The fraction of sp³-hybridized carbons (Fsp3) is 0.400. The molecule has 82 valence electrons. The topological polar surface area (TPSA) is 42.7 Å². The van der Waals surface area contributed by atoms with E-state index in [0.29, 0.717) is 0 Å². The third kappa shape index (κ3) is 2.21. The van der Waals surface area contributed by atoms with Gasteiger partial charge in [0.2, 0.25) is 0 Å². The first-order valence-corrected chi connectivity index (χ1v) is 4.83. The molecule has 0 aliphatic carbocycles. The largest absolute Gasteiger partial charge is 0.369 e. The molecule has 2 rings (SSSR count). The standard InChI is InChI=1S/C10H14N4.ClH/c1-3-5-11-9-8-4-6-14(2)10(8)13-7-12-9;/h4,6-7H,3,5H2,1-2H3,(H,11,12,13);1H. The van der Waals surface area contributed by atoms with E-state index in [2.05, 4.69) is 22.2 Å². The molecule has 0 saturated carbocycles. The van der Waals surface area contributed by atoms with E-state index >= 15 is 0 Å². The maximum Gasteiger partial charge on any atom is 0.145 e. The van der Waals surface area contributed by atoms with Gasteiger partial charge < -0.3 is 9.88 Å². The molecule has 4 nitrogen and oxygen atoms in total. The van der Waals surface area contributed by atoms with E-state index in [0.717, 1.165) is 29.8 Å². The highest BCUT2D eigenvalue weighted by Gasteiger charge is 2.04. The Kier molecular flexibility index (Phi) is 3.91. The van der Waals surface area contributed by atoms with Gasteiger partial charge in [-0.05, 0) is 12.5 Å². The third-order valence-electron chi connectivity index (χ3n) is 2.20. The first kappa shape index (κ1) is 11.8. The number of nitrogens with zero attached hydrogens (tertiary/aromatic N) is 3. The molecule has 2 aromatic rings. The lowest BCUT2D eigenvalue weighted by molar-refractivity contribution is 0.939. The quantitative estimate of drug-likeness (QED) is 0.873. The summed E-state index contributed by atoms with van der Waals surface area (Å²) in [6.45, 7) is 3.08. The van der Waals surface area contributed by atoms with Crippen LogP contribution >= 0.6 is 12.4 Å². The van der Waals surface area contributed by atoms with Crippen molar-refractivity contribution in [1.82, 2.24) is 14.5 Å². The van der Waals surface area contributed by atoms with E-state index in [1.165, 1.54) is 0 Å². The van der Waals surface area contributed by atoms with E-state index in [1.54, 1.807) is 6.33 Å². The van der Waals surface area contributed by atoms with Crippen LogP contribution in [0, 0.1) is 0 Å². The minimum atomic E-state index is 0. The number of rotatable bonds is 3. The molecule has 0 fully saturated rings. The average Bonchev–Trinajstić information content (AvgIpc) is 2.58. The highest BCUT2D eigenvalue weighted by molar-refractivity contribution is 5.87. The zero-order chi connectivity index (χ0) is 9.97. The van der Waals surface area contributed by atoms with Crippen LogP contribution in [0.2, 0.25) is 0 Å². The SMILES string of the molecule is CCCNc1ncnc2c1ccn2C.Cl. The van der Waals surface area contributed by atoms with Crippen molar-refractivity contribution >= 4 is 29.3 Å². The van der Waals surface area contributed by atoms with E-state index in [1.807, 2.05) is 23.9 Å². The molecule has 0 radical (unpaired) electrons. The van der Waals surface area contributed by atoms with Crippen LogP contribution in [0.5, 0.6) is 0 Å². The summed E-state index contributed by atoms with van der Waals surface area (Å²) in [5, 5.41) is 4.37. The van der Waals surface area contributed by atoms with Crippen molar-refractivity contribution in [3.8, 4) is 0 Å². The second-order valence-corrected chi connectivity index (χ2v) is 3.31. The summed E-state index contributed by atoms with van der Waals surface area (Å²) >= 11 is 0. The lowest BCUT2D eigenvalue weighted by Gasteiger charge is -2.04. The van der Waals surface area contributed by atoms with Crippen molar-refractivity contribution in [2.45, 2.75) is 13.3 Å². The molecule has 1 N–H and O–H groups in total. The molecule has 2 aromatic heterocycles. The smallest absolute Gasteiger partial charge is 0.145 e. The van der Waals surface area contributed by atoms with Gasteiger partial charge in [-0.1, -0.05) is 6.92 Å². The molecule has 0 spiro atoms. The van der Waals surface area contributed by atoms with Gasteiger partial charge in [-0.2, -0.15) is 0 Å². The predicted octanol–water partition coefficient (Wildman–Crippen LogP) is 2.21. The Bertz CT molecular complexity index is 438. The monoisotopic (exact) mass is 226 g/mol. The van der Waals surface area contributed by atoms with E-state index in [9.17, 15) is 0 Å². The maximum atomic E-state index is 4.22. The minimum Gasteiger partial charge on any atom is -0.369 e. The summed E-state index contributed by atoms with van der Waals surface area (Å²) in [6, 6.07) is 2.04. The molecule has 5 heteroatoms. The third-order valence-corrected chi connectivity index (χ3v) is 2.20. The van der Waals surface area contributed by atoms with Crippen molar-refractivity contribution in [2.24, 2.45) is 7.05 Å². The van der Waals surface area contributed by atoms with E-state index < -0.39 is 0 Å². The number of hydrogen-bond acceptors (Lipinski definition) is 3. The van der Waals surface area contributed by atoms with Gasteiger partial charge >= 0.3 is 0 Å². The van der Waals surface area contributed by atoms with E-state index in [4.69, 9.17) is 0 Å². The Labute approximate surface area is 95.1 Å². The van der Waals surface area contributed by atoms with Crippen LogP contribution in [-0.2, 0) is 7.05 Å². The Balaban J connectivity index is 0.00000112. The predicted molar refractivity (Wildman–Crippen MR) is 64.5 cm³/mol. The van der Waals surface area contributed by atoms with Crippen LogP contribution in [-0.4, -0.2) is 21.1 Å². The van der Waals surface area contributed by atoms with Crippen LogP contribution in [0.15, 0.2) is 18.6 Å². The zero-order valence-corrected chi connectivity index (χ0v) is 9.71. The molecule has 0 aliphatic rings. The van der Waals surface area contributed by atoms with Crippen molar-refractivity contribution in [2.75, 3.05) is 11.9 Å². The number of hydrogen-bond donors (Lipinski definition) is 1. The molecule has 0 atom stereocenters.